The van der Waals surface area contributed by atoms with Crippen LogP contribution in [-0.2, 0) is 12.8 Å². The third kappa shape index (κ3) is 2.72. The number of para-hydroxylation sites is 2. The summed E-state index contributed by atoms with van der Waals surface area (Å²) in [4.78, 5) is 14.3. The minimum Gasteiger partial charge on any atom is -0.486 e. The number of rotatable bonds is 3. The van der Waals surface area contributed by atoms with Crippen LogP contribution in [-0.4, -0.2) is 42.3 Å². The fourth-order valence-corrected chi connectivity index (χ4v) is 3.28. The van der Waals surface area contributed by atoms with Gasteiger partial charge in [-0.15, -0.1) is 0 Å². The van der Waals surface area contributed by atoms with Crippen molar-refractivity contribution in [2.24, 2.45) is 0 Å². The Morgan fingerprint density at radius 1 is 1.25 bits per heavy atom. The normalized spacial score (nSPS) is 18.8. The minimum absolute atomic E-state index is 0.121. The predicted molar refractivity (Wildman–Crippen MR) is 86.5 cm³/mol. The molecule has 0 bridgehead atoms. The van der Waals surface area contributed by atoms with E-state index in [9.17, 15) is 4.79 Å². The van der Waals surface area contributed by atoms with Gasteiger partial charge < -0.3 is 18.9 Å². The first-order chi connectivity index (χ1) is 11.7. The van der Waals surface area contributed by atoms with Crippen molar-refractivity contribution >= 4 is 5.91 Å². The van der Waals surface area contributed by atoms with Crippen molar-refractivity contribution < 1.29 is 18.8 Å². The fourth-order valence-electron chi connectivity index (χ4n) is 3.28. The Bertz CT molecular complexity index is 755. The molecule has 2 heterocycles. The van der Waals surface area contributed by atoms with Gasteiger partial charge in [0.25, 0.3) is 5.91 Å². The highest BCUT2D eigenvalue weighted by molar-refractivity contribution is 5.93. The van der Waals surface area contributed by atoms with Crippen molar-refractivity contribution in [3.8, 4) is 11.5 Å². The lowest BCUT2D eigenvalue weighted by Crippen LogP contribution is -2.42. The van der Waals surface area contributed by atoms with E-state index in [0.29, 0.717) is 24.6 Å². The SMILES string of the molecule is CN(C[C@@H]1COc2ccccc2O1)C(=O)c1noc2c1CCCC2. The minimum atomic E-state index is -0.198. The van der Waals surface area contributed by atoms with E-state index in [1.165, 1.54) is 0 Å². The molecule has 0 saturated heterocycles. The average Bonchev–Trinajstić information content (AvgIpc) is 3.05. The zero-order valence-corrected chi connectivity index (χ0v) is 13.7. The third-order valence-corrected chi connectivity index (χ3v) is 4.54. The van der Waals surface area contributed by atoms with Crippen molar-refractivity contribution in [1.29, 1.82) is 0 Å². The summed E-state index contributed by atoms with van der Waals surface area (Å²) < 4.78 is 17.0. The number of aromatic nitrogens is 1. The van der Waals surface area contributed by atoms with E-state index < -0.39 is 0 Å². The van der Waals surface area contributed by atoms with Gasteiger partial charge in [0.2, 0.25) is 0 Å². The van der Waals surface area contributed by atoms with Crippen molar-refractivity contribution in [2.75, 3.05) is 20.2 Å². The molecule has 1 atom stereocenters. The number of carbonyl (C=O) groups excluding carboxylic acids is 1. The number of hydrogen-bond donors (Lipinski definition) is 0. The molecule has 6 nitrogen and oxygen atoms in total. The molecule has 1 aromatic carbocycles. The summed E-state index contributed by atoms with van der Waals surface area (Å²) in [7, 11) is 1.76. The maximum absolute atomic E-state index is 12.7. The van der Waals surface area contributed by atoms with Crippen LogP contribution in [0.15, 0.2) is 28.8 Å². The number of benzene rings is 1. The molecule has 126 valence electrons. The van der Waals surface area contributed by atoms with Crippen LogP contribution in [0.3, 0.4) is 0 Å². The maximum Gasteiger partial charge on any atom is 0.276 e. The lowest BCUT2D eigenvalue weighted by atomic mass is 9.96. The molecule has 1 aromatic heterocycles. The number of likely N-dealkylation sites (N-methyl/N-ethyl adjacent to an activating group) is 1. The standard InChI is InChI=1S/C18H20N2O4/c1-20(10-12-11-22-15-8-4-5-9-16(15)23-12)18(21)17-13-6-2-3-7-14(13)24-19-17/h4-5,8-9,12H,2-3,6-7,10-11H2,1H3/t12-/m1/s1. The van der Waals surface area contributed by atoms with Crippen LogP contribution in [0.25, 0.3) is 0 Å². The molecular weight excluding hydrogens is 308 g/mol. The number of carbonyl (C=O) groups is 1. The molecular formula is C18H20N2O4. The van der Waals surface area contributed by atoms with Gasteiger partial charge in [-0.25, -0.2) is 0 Å². The number of amides is 1. The van der Waals surface area contributed by atoms with E-state index in [1.54, 1.807) is 11.9 Å². The predicted octanol–water partition coefficient (Wildman–Crippen LogP) is 2.47. The van der Waals surface area contributed by atoms with Gasteiger partial charge in [-0.3, -0.25) is 4.79 Å². The summed E-state index contributed by atoms with van der Waals surface area (Å²) in [5.41, 5.74) is 1.42. The zero-order chi connectivity index (χ0) is 16.5. The molecule has 24 heavy (non-hydrogen) atoms. The van der Waals surface area contributed by atoms with E-state index >= 15 is 0 Å². The van der Waals surface area contributed by atoms with Gasteiger partial charge in [-0.05, 0) is 31.4 Å². The number of aryl methyl sites for hydroxylation is 1. The first kappa shape index (κ1) is 15.1. The third-order valence-electron chi connectivity index (χ3n) is 4.54. The molecule has 1 amide bonds. The number of hydrogen-bond acceptors (Lipinski definition) is 5. The van der Waals surface area contributed by atoms with Crippen LogP contribution in [0.4, 0.5) is 0 Å². The Hall–Kier alpha value is -2.50. The van der Waals surface area contributed by atoms with Crippen LogP contribution < -0.4 is 9.47 Å². The van der Waals surface area contributed by atoms with E-state index in [4.69, 9.17) is 14.0 Å². The van der Waals surface area contributed by atoms with Crippen LogP contribution in [0.1, 0.15) is 34.7 Å². The van der Waals surface area contributed by atoms with Gasteiger partial charge in [0.15, 0.2) is 23.3 Å². The second kappa shape index (κ2) is 6.19. The van der Waals surface area contributed by atoms with Gasteiger partial charge in [-0.2, -0.15) is 0 Å². The van der Waals surface area contributed by atoms with Crippen LogP contribution in [0.5, 0.6) is 11.5 Å². The van der Waals surface area contributed by atoms with Gasteiger partial charge in [0.05, 0.1) is 6.54 Å². The topological polar surface area (TPSA) is 64.8 Å². The van der Waals surface area contributed by atoms with Crippen molar-refractivity contribution in [1.82, 2.24) is 10.1 Å². The van der Waals surface area contributed by atoms with E-state index in [-0.39, 0.29) is 12.0 Å². The monoisotopic (exact) mass is 328 g/mol. The number of nitrogens with zero attached hydrogens (tertiary/aromatic N) is 2. The van der Waals surface area contributed by atoms with Crippen LogP contribution in [0.2, 0.25) is 0 Å². The molecule has 2 aliphatic rings. The molecule has 0 unspecified atom stereocenters. The fraction of sp³-hybridized carbons (Fsp3) is 0.444. The molecule has 1 aliphatic heterocycles. The van der Waals surface area contributed by atoms with E-state index in [0.717, 1.165) is 42.8 Å². The molecule has 0 N–H and O–H groups in total. The second-order valence-electron chi connectivity index (χ2n) is 6.32. The lowest BCUT2D eigenvalue weighted by molar-refractivity contribution is 0.0514. The van der Waals surface area contributed by atoms with Crippen molar-refractivity contribution in [2.45, 2.75) is 31.8 Å². The van der Waals surface area contributed by atoms with E-state index in [1.807, 2.05) is 24.3 Å². The Morgan fingerprint density at radius 3 is 2.92 bits per heavy atom. The summed E-state index contributed by atoms with van der Waals surface area (Å²) in [5.74, 6) is 2.20. The maximum atomic E-state index is 12.7. The van der Waals surface area contributed by atoms with E-state index in [2.05, 4.69) is 5.16 Å². The number of fused-ring (bicyclic) bond motifs is 2. The summed E-state index contributed by atoms with van der Waals surface area (Å²) in [5, 5.41) is 4.01. The lowest BCUT2D eigenvalue weighted by Gasteiger charge is -2.29. The van der Waals surface area contributed by atoms with Gasteiger partial charge in [0.1, 0.15) is 12.4 Å². The summed E-state index contributed by atoms with van der Waals surface area (Å²) >= 11 is 0. The summed E-state index contributed by atoms with van der Waals surface area (Å²) in [6.45, 7) is 0.861. The molecule has 1 aliphatic carbocycles. The number of ether oxygens (including phenoxy) is 2. The van der Waals surface area contributed by atoms with Crippen LogP contribution >= 0.6 is 0 Å². The van der Waals surface area contributed by atoms with Gasteiger partial charge in [0, 0.05) is 19.0 Å². The quantitative estimate of drug-likeness (QED) is 0.866. The zero-order valence-electron chi connectivity index (χ0n) is 13.7. The molecule has 0 fully saturated rings. The Kier molecular flexibility index (Phi) is 3.88. The van der Waals surface area contributed by atoms with Crippen molar-refractivity contribution in [3.05, 3.63) is 41.3 Å². The highest BCUT2D eigenvalue weighted by Gasteiger charge is 2.29. The van der Waals surface area contributed by atoms with Gasteiger partial charge in [-0.1, -0.05) is 17.3 Å². The highest BCUT2D eigenvalue weighted by Crippen LogP contribution is 2.31. The second-order valence-corrected chi connectivity index (χ2v) is 6.32. The smallest absolute Gasteiger partial charge is 0.276 e. The largest absolute Gasteiger partial charge is 0.486 e. The average molecular weight is 328 g/mol. The van der Waals surface area contributed by atoms with Crippen molar-refractivity contribution in [3.63, 3.8) is 0 Å². The molecule has 0 saturated carbocycles. The highest BCUT2D eigenvalue weighted by atomic mass is 16.6. The Labute approximate surface area is 140 Å². The molecule has 6 heteroatoms. The summed E-state index contributed by atoms with van der Waals surface area (Å²) in [6.07, 6.45) is 3.71. The van der Waals surface area contributed by atoms with Gasteiger partial charge >= 0.3 is 0 Å². The molecule has 0 radical (unpaired) electrons. The molecule has 0 spiro atoms. The Balaban J connectivity index is 1.44. The first-order valence-corrected chi connectivity index (χ1v) is 8.34. The molecule has 2 aromatic rings. The first-order valence-electron chi connectivity index (χ1n) is 8.34. The Morgan fingerprint density at radius 2 is 2.04 bits per heavy atom. The summed E-state index contributed by atoms with van der Waals surface area (Å²) in [6, 6.07) is 7.56. The van der Waals surface area contributed by atoms with Crippen LogP contribution in [0, 0.1) is 0 Å². The molecule has 4 rings (SSSR count).